The van der Waals surface area contributed by atoms with Crippen molar-refractivity contribution in [2.75, 3.05) is 7.11 Å². The van der Waals surface area contributed by atoms with E-state index in [1.165, 1.54) is 13.3 Å². The Morgan fingerprint density at radius 2 is 2.07 bits per heavy atom. The lowest BCUT2D eigenvalue weighted by Gasteiger charge is -2.22. The second-order valence-corrected chi connectivity index (χ2v) is 7.62. The number of ether oxygens (including phenoxy) is 1. The highest BCUT2D eigenvalue weighted by molar-refractivity contribution is 6.31. The van der Waals surface area contributed by atoms with Crippen LogP contribution in [0, 0.1) is 5.92 Å². The molecule has 0 spiro atoms. The second-order valence-electron chi connectivity index (χ2n) is 7.18. The number of nitrogens with zero attached hydrogens (tertiary/aromatic N) is 4. The SMILES string of the molecule is COC(=O)c1cnc2c(c1)ncn2C(CC(C)C)c1cc(Cl)cc2cn[nH]c12. The summed E-state index contributed by atoms with van der Waals surface area (Å²) in [6.45, 7) is 4.34. The Bertz CT molecular complexity index is 1160. The third-order valence-corrected chi connectivity index (χ3v) is 4.99. The van der Waals surface area contributed by atoms with Gasteiger partial charge in [0.1, 0.15) is 5.52 Å². The molecule has 1 unspecified atom stereocenters. The highest BCUT2D eigenvalue weighted by Gasteiger charge is 2.23. The van der Waals surface area contributed by atoms with Gasteiger partial charge in [-0.15, -0.1) is 0 Å². The fraction of sp³-hybridized carbons (Fsp3) is 0.300. The van der Waals surface area contributed by atoms with E-state index in [1.54, 1.807) is 18.6 Å². The molecule has 0 amide bonds. The predicted octanol–water partition coefficient (Wildman–Crippen LogP) is 4.38. The topological polar surface area (TPSA) is 85.7 Å². The van der Waals surface area contributed by atoms with Crippen LogP contribution in [-0.2, 0) is 4.74 Å². The van der Waals surface area contributed by atoms with Crippen molar-refractivity contribution in [2.45, 2.75) is 26.3 Å². The van der Waals surface area contributed by atoms with Crippen LogP contribution in [0.1, 0.15) is 42.2 Å². The van der Waals surface area contributed by atoms with Crippen LogP contribution in [0.25, 0.3) is 22.1 Å². The van der Waals surface area contributed by atoms with Gasteiger partial charge in [-0.3, -0.25) is 5.10 Å². The van der Waals surface area contributed by atoms with Gasteiger partial charge >= 0.3 is 5.97 Å². The number of fused-ring (bicyclic) bond motifs is 2. The molecule has 1 atom stereocenters. The van der Waals surface area contributed by atoms with E-state index in [0.29, 0.717) is 27.7 Å². The van der Waals surface area contributed by atoms with Crippen LogP contribution in [0.3, 0.4) is 0 Å². The van der Waals surface area contributed by atoms with Gasteiger partial charge in [-0.2, -0.15) is 5.10 Å². The molecule has 0 radical (unpaired) electrons. The first-order chi connectivity index (χ1) is 13.5. The average molecular weight is 398 g/mol. The number of esters is 1. The van der Waals surface area contributed by atoms with Gasteiger partial charge in [0, 0.05) is 22.2 Å². The number of hydrogen-bond acceptors (Lipinski definition) is 5. The maximum atomic E-state index is 11.8. The number of imidazole rings is 1. The van der Waals surface area contributed by atoms with E-state index < -0.39 is 5.97 Å². The summed E-state index contributed by atoms with van der Waals surface area (Å²) in [5.41, 5.74) is 3.69. The molecule has 1 N–H and O–H groups in total. The highest BCUT2D eigenvalue weighted by atomic mass is 35.5. The fourth-order valence-electron chi connectivity index (χ4n) is 3.52. The summed E-state index contributed by atoms with van der Waals surface area (Å²) in [4.78, 5) is 20.8. The molecule has 4 aromatic rings. The summed E-state index contributed by atoms with van der Waals surface area (Å²) in [5, 5.41) is 8.88. The number of aromatic nitrogens is 5. The van der Waals surface area contributed by atoms with E-state index in [4.69, 9.17) is 16.3 Å². The Balaban J connectivity index is 1.88. The molecule has 7 nitrogen and oxygen atoms in total. The standard InChI is InChI=1S/C20H20ClN5O2/c1-11(2)4-17(15-7-14(21)5-12-9-24-25-18(12)15)26-10-23-16-6-13(20(27)28-3)8-22-19(16)26/h5-11,17H,4H2,1-3H3,(H,24,25). The largest absolute Gasteiger partial charge is 0.465 e. The maximum Gasteiger partial charge on any atom is 0.339 e. The quantitative estimate of drug-likeness (QED) is 0.505. The molecule has 0 saturated heterocycles. The minimum atomic E-state index is -0.434. The highest BCUT2D eigenvalue weighted by Crippen LogP contribution is 2.34. The average Bonchev–Trinajstić information content (AvgIpc) is 3.30. The predicted molar refractivity (Wildman–Crippen MR) is 108 cm³/mol. The maximum absolute atomic E-state index is 11.8. The zero-order valence-electron chi connectivity index (χ0n) is 15.8. The number of methoxy groups -OCH3 is 1. The lowest BCUT2D eigenvalue weighted by Crippen LogP contribution is -2.14. The Hall–Kier alpha value is -2.93. The first kappa shape index (κ1) is 18.4. The van der Waals surface area contributed by atoms with Crippen LogP contribution in [0.5, 0.6) is 0 Å². The van der Waals surface area contributed by atoms with Crippen LogP contribution in [0.4, 0.5) is 0 Å². The molecule has 1 aromatic carbocycles. The van der Waals surface area contributed by atoms with Gasteiger partial charge in [0.05, 0.1) is 36.8 Å². The summed E-state index contributed by atoms with van der Waals surface area (Å²) in [7, 11) is 1.35. The molecule has 0 fully saturated rings. The Morgan fingerprint density at radius 1 is 1.25 bits per heavy atom. The molecular weight excluding hydrogens is 378 g/mol. The number of benzene rings is 1. The van der Waals surface area contributed by atoms with E-state index >= 15 is 0 Å². The summed E-state index contributed by atoms with van der Waals surface area (Å²) >= 11 is 6.38. The van der Waals surface area contributed by atoms with Crippen molar-refractivity contribution in [1.82, 2.24) is 24.7 Å². The molecule has 3 heterocycles. The molecule has 0 saturated carbocycles. The first-order valence-electron chi connectivity index (χ1n) is 9.01. The monoisotopic (exact) mass is 397 g/mol. The van der Waals surface area contributed by atoms with Gasteiger partial charge in [0.15, 0.2) is 5.65 Å². The smallest absolute Gasteiger partial charge is 0.339 e. The van der Waals surface area contributed by atoms with Crippen LogP contribution in [0.2, 0.25) is 5.02 Å². The van der Waals surface area contributed by atoms with E-state index in [2.05, 4.69) is 34.0 Å². The van der Waals surface area contributed by atoms with Crippen LogP contribution in [-0.4, -0.2) is 37.8 Å². The summed E-state index contributed by atoms with van der Waals surface area (Å²) in [5.74, 6) is -0.00886. The van der Waals surface area contributed by atoms with E-state index in [9.17, 15) is 4.79 Å². The second kappa shape index (κ2) is 7.24. The molecule has 0 aliphatic heterocycles. The lowest BCUT2D eigenvalue weighted by molar-refractivity contribution is 0.0600. The van der Waals surface area contributed by atoms with Gasteiger partial charge in [-0.1, -0.05) is 25.4 Å². The third-order valence-electron chi connectivity index (χ3n) is 4.77. The summed E-state index contributed by atoms with van der Waals surface area (Å²) in [6, 6.07) is 5.51. The van der Waals surface area contributed by atoms with Gasteiger partial charge in [-0.05, 0) is 30.5 Å². The van der Waals surface area contributed by atoms with Crippen molar-refractivity contribution in [3.8, 4) is 0 Å². The molecule has 144 valence electrons. The summed E-state index contributed by atoms with van der Waals surface area (Å²) in [6.07, 6.45) is 5.90. The van der Waals surface area contributed by atoms with Gasteiger partial charge < -0.3 is 9.30 Å². The van der Waals surface area contributed by atoms with Crippen molar-refractivity contribution < 1.29 is 9.53 Å². The Kier molecular flexibility index (Phi) is 4.77. The molecule has 0 bridgehead atoms. The number of rotatable bonds is 5. The molecule has 3 aromatic heterocycles. The minimum absolute atomic E-state index is 0.0388. The zero-order valence-corrected chi connectivity index (χ0v) is 16.6. The zero-order chi connectivity index (χ0) is 19.8. The number of aromatic amines is 1. The number of halogens is 1. The molecule has 8 heteroatoms. The summed E-state index contributed by atoms with van der Waals surface area (Å²) < 4.78 is 6.80. The van der Waals surface area contributed by atoms with Crippen molar-refractivity contribution in [1.29, 1.82) is 0 Å². The molecule has 4 rings (SSSR count). The van der Waals surface area contributed by atoms with Gasteiger partial charge in [0.2, 0.25) is 0 Å². The van der Waals surface area contributed by atoms with Crippen LogP contribution in [0.15, 0.2) is 36.9 Å². The van der Waals surface area contributed by atoms with Crippen molar-refractivity contribution in [3.05, 3.63) is 53.1 Å². The minimum Gasteiger partial charge on any atom is -0.465 e. The van der Waals surface area contributed by atoms with Gasteiger partial charge in [-0.25, -0.2) is 14.8 Å². The number of carbonyl (C=O) groups is 1. The normalized spacial score (nSPS) is 12.8. The third kappa shape index (κ3) is 3.22. The fourth-order valence-corrected chi connectivity index (χ4v) is 3.76. The lowest BCUT2D eigenvalue weighted by atomic mass is 9.95. The van der Waals surface area contributed by atoms with Crippen LogP contribution >= 0.6 is 11.6 Å². The van der Waals surface area contributed by atoms with Crippen molar-refractivity contribution >= 4 is 39.6 Å². The number of nitrogens with one attached hydrogen (secondary N) is 1. The van der Waals surface area contributed by atoms with Gasteiger partial charge in [0.25, 0.3) is 0 Å². The number of carbonyl (C=O) groups excluding carboxylic acids is 1. The first-order valence-corrected chi connectivity index (χ1v) is 9.39. The number of pyridine rings is 1. The van der Waals surface area contributed by atoms with Crippen LogP contribution < -0.4 is 0 Å². The molecule has 28 heavy (non-hydrogen) atoms. The Labute approximate surface area is 166 Å². The molecule has 0 aliphatic rings. The van der Waals surface area contributed by atoms with E-state index in [-0.39, 0.29) is 6.04 Å². The molecular formula is C20H20ClN5O2. The number of H-pyrrole nitrogens is 1. The molecule has 0 aliphatic carbocycles. The van der Waals surface area contributed by atoms with Crippen molar-refractivity contribution in [2.24, 2.45) is 5.92 Å². The van der Waals surface area contributed by atoms with E-state index in [1.807, 2.05) is 16.7 Å². The van der Waals surface area contributed by atoms with E-state index in [0.717, 1.165) is 22.9 Å². The Morgan fingerprint density at radius 3 is 2.82 bits per heavy atom. The number of hydrogen-bond donors (Lipinski definition) is 1. The van der Waals surface area contributed by atoms with Crippen molar-refractivity contribution in [3.63, 3.8) is 0 Å².